The van der Waals surface area contributed by atoms with E-state index < -0.39 is 11.9 Å². The number of hydrogen-bond acceptors (Lipinski definition) is 3. The van der Waals surface area contributed by atoms with E-state index in [1.54, 1.807) is 24.3 Å². The first-order valence-corrected chi connectivity index (χ1v) is 10.4. The second-order valence-corrected chi connectivity index (χ2v) is 9.17. The molecule has 0 amide bonds. The van der Waals surface area contributed by atoms with Gasteiger partial charge >= 0.3 is 6.18 Å². The Labute approximate surface area is 174 Å². The second-order valence-electron chi connectivity index (χ2n) is 8.12. The van der Waals surface area contributed by atoms with Crippen molar-refractivity contribution in [1.82, 2.24) is 0 Å². The lowest BCUT2D eigenvalue weighted by atomic mass is 9.99. The largest absolute Gasteiger partial charge is 0.488 e. The number of rotatable bonds is 7. The zero-order valence-electron chi connectivity index (χ0n) is 17.4. The summed E-state index contributed by atoms with van der Waals surface area (Å²) in [6.45, 7) is 10.0. The lowest BCUT2D eigenvalue weighted by molar-refractivity contribution is -0.105. The number of thioether (sulfide) groups is 1. The Morgan fingerprint density at radius 3 is 2.03 bits per heavy atom. The molecule has 29 heavy (non-hydrogen) atoms. The van der Waals surface area contributed by atoms with Crippen molar-refractivity contribution in [2.45, 2.75) is 64.1 Å². The molecule has 0 atom stereocenters. The first kappa shape index (κ1) is 23.3. The van der Waals surface area contributed by atoms with Crippen molar-refractivity contribution >= 4 is 17.5 Å². The van der Waals surface area contributed by atoms with E-state index in [1.165, 1.54) is 0 Å². The van der Waals surface area contributed by atoms with Crippen molar-refractivity contribution in [2.75, 3.05) is 5.75 Å². The molecular weight excluding hydrogens is 397 g/mol. The Morgan fingerprint density at radius 2 is 1.55 bits per heavy atom. The van der Waals surface area contributed by atoms with Crippen LogP contribution in [0, 0.1) is 13.8 Å². The predicted octanol–water partition coefficient (Wildman–Crippen LogP) is 6.95. The van der Waals surface area contributed by atoms with E-state index in [0.717, 1.165) is 34.2 Å². The molecule has 0 heterocycles. The first-order chi connectivity index (χ1) is 13.3. The monoisotopic (exact) mass is 424 g/mol. The van der Waals surface area contributed by atoms with Crippen LogP contribution in [-0.4, -0.2) is 23.3 Å². The molecule has 2 aromatic carbocycles. The second kappa shape index (κ2) is 9.24. The Bertz CT molecular complexity index is 827. The molecular formula is C23H27F3O2S. The highest BCUT2D eigenvalue weighted by atomic mass is 32.2. The van der Waals surface area contributed by atoms with Gasteiger partial charge in [-0.2, -0.15) is 13.2 Å². The molecule has 0 aliphatic heterocycles. The number of benzene rings is 2. The van der Waals surface area contributed by atoms with Gasteiger partial charge < -0.3 is 4.74 Å². The fourth-order valence-corrected chi connectivity index (χ4v) is 3.61. The zero-order valence-corrected chi connectivity index (χ0v) is 18.3. The van der Waals surface area contributed by atoms with Crippen LogP contribution in [0.1, 0.15) is 54.2 Å². The highest BCUT2D eigenvalue weighted by Gasteiger charge is 2.27. The number of alkyl halides is 3. The predicted molar refractivity (Wildman–Crippen MR) is 112 cm³/mol. The van der Waals surface area contributed by atoms with Gasteiger partial charge in [-0.15, -0.1) is 11.8 Å². The minimum atomic E-state index is -4.21. The van der Waals surface area contributed by atoms with Gasteiger partial charge in [-0.05, 0) is 69.9 Å². The summed E-state index contributed by atoms with van der Waals surface area (Å²) in [5, 5.41) is 0. The van der Waals surface area contributed by atoms with E-state index in [2.05, 4.69) is 0 Å². The van der Waals surface area contributed by atoms with E-state index in [4.69, 9.17) is 4.74 Å². The topological polar surface area (TPSA) is 26.3 Å². The summed E-state index contributed by atoms with van der Waals surface area (Å²) >= 11 is 0.718. The maximum Gasteiger partial charge on any atom is 0.398 e. The molecule has 2 aromatic rings. The van der Waals surface area contributed by atoms with Gasteiger partial charge in [-0.25, -0.2) is 0 Å². The molecule has 0 spiro atoms. The molecule has 0 saturated heterocycles. The van der Waals surface area contributed by atoms with Gasteiger partial charge in [0, 0.05) is 16.9 Å². The zero-order chi connectivity index (χ0) is 21.8. The minimum absolute atomic E-state index is 0.0253. The van der Waals surface area contributed by atoms with Crippen LogP contribution >= 0.6 is 11.8 Å². The fraction of sp³-hybridized carbons (Fsp3) is 0.435. The highest BCUT2D eigenvalue weighted by molar-refractivity contribution is 7.99. The number of ether oxygens (including phenoxy) is 1. The Kier molecular flexibility index (Phi) is 7.44. The van der Waals surface area contributed by atoms with Crippen molar-refractivity contribution in [3.63, 3.8) is 0 Å². The lowest BCUT2D eigenvalue weighted by Gasteiger charge is -2.24. The number of aryl methyl sites for hydroxylation is 3. The van der Waals surface area contributed by atoms with Gasteiger partial charge in [0.05, 0.1) is 5.75 Å². The van der Waals surface area contributed by atoms with Crippen molar-refractivity contribution in [3.05, 3.63) is 58.7 Å². The number of Topliss-reactive ketones (excluding diaryl/α,β-unsaturated/α-hetero) is 1. The average molecular weight is 425 g/mol. The molecule has 6 heteroatoms. The molecule has 0 radical (unpaired) electrons. The number of ketones is 1. The third-order valence-electron chi connectivity index (χ3n) is 4.15. The molecule has 0 aromatic heterocycles. The van der Waals surface area contributed by atoms with Crippen molar-refractivity contribution in [2.24, 2.45) is 0 Å². The van der Waals surface area contributed by atoms with E-state index in [-0.39, 0.29) is 11.4 Å². The van der Waals surface area contributed by atoms with Gasteiger partial charge in [0.1, 0.15) is 11.4 Å². The highest BCUT2D eigenvalue weighted by Crippen LogP contribution is 2.29. The number of hydrogen-bond donors (Lipinski definition) is 0. The lowest BCUT2D eigenvalue weighted by Crippen LogP contribution is -2.24. The van der Waals surface area contributed by atoms with E-state index in [0.29, 0.717) is 23.3 Å². The Hall–Kier alpha value is -1.95. The van der Waals surface area contributed by atoms with Crippen LogP contribution in [-0.2, 0) is 6.42 Å². The van der Waals surface area contributed by atoms with Crippen LogP contribution in [0.2, 0.25) is 0 Å². The van der Waals surface area contributed by atoms with Crippen LogP contribution in [0.25, 0.3) is 0 Å². The smallest absolute Gasteiger partial charge is 0.398 e. The van der Waals surface area contributed by atoms with Crippen LogP contribution < -0.4 is 4.74 Å². The average Bonchev–Trinajstić information content (AvgIpc) is 2.60. The van der Waals surface area contributed by atoms with Crippen LogP contribution in [0.5, 0.6) is 5.75 Å². The summed E-state index contributed by atoms with van der Waals surface area (Å²) in [7, 11) is 0. The Morgan fingerprint density at radius 1 is 1.00 bits per heavy atom. The van der Waals surface area contributed by atoms with Crippen LogP contribution in [0.4, 0.5) is 13.2 Å². The van der Waals surface area contributed by atoms with Crippen LogP contribution in [0.15, 0.2) is 41.3 Å². The summed E-state index contributed by atoms with van der Waals surface area (Å²) in [6.07, 6.45) is -3.27. The quantitative estimate of drug-likeness (QED) is 0.355. The van der Waals surface area contributed by atoms with E-state index in [1.807, 2.05) is 46.8 Å². The maximum absolute atomic E-state index is 12.5. The molecule has 0 aliphatic rings. The summed E-state index contributed by atoms with van der Waals surface area (Å²) in [4.78, 5) is 13.0. The van der Waals surface area contributed by atoms with Gasteiger partial charge in [-0.3, -0.25) is 4.79 Å². The maximum atomic E-state index is 12.5. The molecule has 0 bridgehead atoms. The van der Waals surface area contributed by atoms with Crippen LogP contribution in [0.3, 0.4) is 0 Å². The molecule has 0 saturated carbocycles. The standard InChI is InChI=1S/C23H27F3O2S/c1-15-12-17(13-16(2)21(15)28-22(3,4)5)6-11-20(27)18-7-9-19(10-8-18)29-14-23(24,25)26/h7-10,12-13H,6,11,14H2,1-5H3. The van der Waals surface area contributed by atoms with Gasteiger partial charge in [0.15, 0.2) is 5.78 Å². The van der Waals surface area contributed by atoms with Gasteiger partial charge in [-0.1, -0.05) is 24.3 Å². The van der Waals surface area contributed by atoms with Crippen molar-refractivity contribution in [1.29, 1.82) is 0 Å². The molecule has 0 unspecified atom stereocenters. The minimum Gasteiger partial charge on any atom is -0.488 e. The van der Waals surface area contributed by atoms with E-state index >= 15 is 0 Å². The van der Waals surface area contributed by atoms with Crippen molar-refractivity contribution in [3.8, 4) is 5.75 Å². The number of halogens is 3. The molecule has 0 fully saturated rings. The summed E-state index contributed by atoms with van der Waals surface area (Å²) in [5.74, 6) is -0.0873. The molecule has 158 valence electrons. The van der Waals surface area contributed by atoms with E-state index in [9.17, 15) is 18.0 Å². The summed E-state index contributed by atoms with van der Waals surface area (Å²) in [5.41, 5.74) is 3.37. The number of carbonyl (C=O) groups excluding carboxylic acids is 1. The third-order valence-corrected chi connectivity index (χ3v) is 5.23. The summed E-state index contributed by atoms with van der Waals surface area (Å²) < 4.78 is 42.9. The number of carbonyl (C=O) groups is 1. The van der Waals surface area contributed by atoms with Crippen molar-refractivity contribution < 1.29 is 22.7 Å². The molecule has 0 N–H and O–H groups in total. The fourth-order valence-electron chi connectivity index (χ4n) is 2.96. The third kappa shape index (κ3) is 7.77. The summed E-state index contributed by atoms with van der Waals surface area (Å²) in [6, 6.07) is 10.4. The molecule has 2 nitrogen and oxygen atoms in total. The molecule has 2 rings (SSSR count). The normalized spacial score (nSPS) is 12.1. The SMILES string of the molecule is Cc1cc(CCC(=O)c2ccc(SCC(F)(F)F)cc2)cc(C)c1OC(C)(C)C. The Balaban J connectivity index is 1.98. The molecule has 0 aliphatic carbocycles. The van der Waals surface area contributed by atoms with Gasteiger partial charge in [0.25, 0.3) is 0 Å². The van der Waals surface area contributed by atoms with Gasteiger partial charge in [0.2, 0.25) is 0 Å². The first-order valence-electron chi connectivity index (χ1n) is 9.46.